The maximum atomic E-state index is 5.71. The molecule has 0 fully saturated rings. The predicted molar refractivity (Wildman–Crippen MR) is 68.3 cm³/mol. The molecule has 0 aromatic heterocycles. The van der Waals surface area contributed by atoms with Crippen LogP contribution in [0.5, 0.6) is 0 Å². The highest BCUT2D eigenvalue weighted by Gasteiger charge is 1.96. The van der Waals surface area contributed by atoms with Crippen molar-refractivity contribution < 1.29 is 0 Å². The molecule has 0 aliphatic rings. The number of hydrogen-bond acceptors (Lipinski definition) is 1. The highest BCUT2D eigenvalue weighted by molar-refractivity contribution is 6.18. The molecule has 82 valence electrons. The van der Waals surface area contributed by atoms with Crippen molar-refractivity contribution in [3.8, 4) is 0 Å². The fourth-order valence-electron chi connectivity index (χ4n) is 1.40. The Morgan fingerprint density at radius 2 is 2.00 bits per heavy atom. The normalized spacial score (nSPS) is 11.4. The van der Waals surface area contributed by atoms with Crippen molar-refractivity contribution in [2.75, 3.05) is 25.5 Å². The molecule has 0 heterocycles. The Kier molecular flexibility index (Phi) is 6.14. The van der Waals surface area contributed by atoms with Gasteiger partial charge in [-0.15, -0.1) is 11.6 Å². The first-order valence-corrected chi connectivity index (χ1v) is 5.90. The van der Waals surface area contributed by atoms with Gasteiger partial charge in [0.05, 0.1) is 0 Å². The Bertz CT molecular complexity index is 282. The molecule has 1 rings (SSSR count). The van der Waals surface area contributed by atoms with Crippen molar-refractivity contribution in [1.82, 2.24) is 4.90 Å². The van der Waals surface area contributed by atoms with E-state index in [1.807, 2.05) is 6.07 Å². The van der Waals surface area contributed by atoms with Crippen LogP contribution in [-0.2, 0) is 0 Å². The lowest BCUT2D eigenvalue weighted by Gasteiger charge is -2.16. The minimum absolute atomic E-state index is 0.701. The first kappa shape index (κ1) is 12.3. The van der Waals surface area contributed by atoms with Crippen LogP contribution >= 0.6 is 11.6 Å². The molecule has 15 heavy (non-hydrogen) atoms. The largest absolute Gasteiger partial charge is 0.299 e. The average Bonchev–Trinajstić information content (AvgIpc) is 2.29. The van der Waals surface area contributed by atoms with Crippen molar-refractivity contribution in [3.05, 3.63) is 42.0 Å². The van der Waals surface area contributed by atoms with Crippen LogP contribution in [0.4, 0.5) is 0 Å². The molecule has 2 heteroatoms. The number of rotatable bonds is 6. The monoisotopic (exact) mass is 223 g/mol. The summed E-state index contributed by atoms with van der Waals surface area (Å²) in [6, 6.07) is 10.3. The Labute approximate surface area is 97.4 Å². The summed E-state index contributed by atoms with van der Waals surface area (Å²) in [5, 5.41) is 0. The third kappa shape index (κ3) is 5.01. The minimum Gasteiger partial charge on any atom is -0.299 e. The first-order valence-electron chi connectivity index (χ1n) is 5.36. The molecule has 0 aliphatic heterocycles. The quantitative estimate of drug-likeness (QED) is 0.670. The van der Waals surface area contributed by atoms with E-state index in [0.717, 1.165) is 19.6 Å². The molecular formula is C13H18ClN. The average molecular weight is 224 g/mol. The summed E-state index contributed by atoms with van der Waals surface area (Å²) in [5.74, 6) is 0.701. The number of halogens is 1. The molecule has 1 nitrogen and oxygen atoms in total. The lowest BCUT2D eigenvalue weighted by atomic mass is 10.2. The summed E-state index contributed by atoms with van der Waals surface area (Å²) in [5.41, 5.74) is 1.25. The smallest absolute Gasteiger partial charge is 0.0351 e. The lowest BCUT2D eigenvalue weighted by Crippen LogP contribution is -2.25. The first-order chi connectivity index (χ1) is 7.36. The highest BCUT2D eigenvalue weighted by atomic mass is 35.5. The number of benzene rings is 1. The minimum atomic E-state index is 0.701. The van der Waals surface area contributed by atoms with Gasteiger partial charge in [-0.05, 0) is 12.1 Å². The molecular weight excluding hydrogens is 206 g/mol. The lowest BCUT2D eigenvalue weighted by molar-refractivity contribution is 0.340. The molecule has 1 aromatic carbocycles. The second-order valence-corrected chi connectivity index (χ2v) is 3.77. The number of alkyl halides is 1. The van der Waals surface area contributed by atoms with E-state index in [4.69, 9.17) is 11.6 Å². The summed E-state index contributed by atoms with van der Waals surface area (Å²) in [4.78, 5) is 2.31. The molecule has 0 atom stereocenters. The summed E-state index contributed by atoms with van der Waals surface area (Å²) in [6.07, 6.45) is 4.34. The SMILES string of the molecule is CCN(C/C=C/c1ccccc1)CCCl. The standard InChI is InChI=1S/C13H18ClN/c1-2-15(12-10-14)11-6-9-13-7-4-3-5-8-13/h3-9H,2,10-12H2,1H3/b9-6+. The van der Waals surface area contributed by atoms with Gasteiger partial charge in [0.25, 0.3) is 0 Å². The number of likely N-dealkylation sites (N-methyl/N-ethyl adjacent to an activating group) is 1. The van der Waals surface area contributed by atoms with Crippen molar-refractivity contribution in [2.45, 2.75) is 6.92 Å². The van der Waals surface area contributed by atoms with Gasteiger partial charge in [-0.25, -0.2) is 0 Å². The van der Waals surface area contributed by atoms with Crippen LogP contribution in [0.2, 0.25) is 0 Å². The van der Waals surface area contributed by atoms with E-state index in [1.165, 1.54) is 5.56 Å². The molecule has 1 aromatic rings. The van der Waals surface area contributed by atoms with Gasteiger partial charge in [-0.1, -0.05) is 49.4 Å². The van der Waals surface area contributed by atoms with Gasteiger partial charge >= 0.3 is 0 Å². The van der Waals surface area contributed by atoms with Gasteiger partial charge in [0.15, 0.2) is 0 Å². The number of nitrogens with zero attached hydrogens (tertiary/aromatic N) is 1. The van der Waals surface area contributed by atoms with Gasteiger partial charge < -0.3 is 0 Å². The summed E-state index contributed by atoms with van der Waals surface area (Å²) in [6.45, 7) is 5.13. The van der Waals surface area contributed by atoms with Crippen molar-refractivity contribution in [1.29, 1.82) is 0 Å². The van der Waals surface area contributed by atoms with Crippen molar-refractivity contribution >= 4 is 17.7 Å². The zero-order valence-corrected chi connectivity index (χ0v) is 9.95. The van der Waals surface area contributed by atoms with Gasteiger partial charge in [0.2, 0.25) is 0 Å². The third-order valence-corrected chi connectivity index (χ3v) is 2.49. The van der Waals surface area contributed by atoms with E-state index < -0.39 is 0 Å². The molecule has 0 bridgehead atoms. The molecule has 0 spiro atoms. The molecule has 0 N–H and O–H groups in total. The van der Waals surface area contributed by atoms with Gasteiger partial charge in [0, 0.05) is 19.0 Å². The van der Waals surface area contributed by atoms with E-state index in [2.05, 4.69) is 48.2 Å². The molecule has 0 unspecified atom stereocenters. The zero-order valence-electron chi connectivity index (χ0n) is 9.20. The maximum absolute atomic E-state index is 5.71. The van der Waals surface area contributed by atoms with Crippen LogP contribution in [-0.4, -0.2) is 30.4 Å². The van der Waals surface area contributed by atoms with E-state index >= 15 is 0 Å². The van der Waals surface area contributed by atoms with Gasteiger partial charge in [0.1, 0.15) is 0 Å². The molecule has 0 amide bonds. The van der Waals surface area contributed by atoms with Crippen molar-refractivity contribution in [2.24, 2.45) is 0 Å². The molecule has 0 radical (unpaired) electrons. The van der Waals surface area contributed by atoms with Crippen LogP contribution in [0.1, 0.15) is 12.5 Å². The van der Waals surface area contributed by atoms with Crippen LogP contribution < -0.4 is 0 Å². The fraction of sp³-hybridized carbons (Fsp3) is 0.385. The topological polar surface area (TPSA) is 3.24 Å². The van der Waals surface area contributed by atoms with Crippen LogP contribution in [0.25, 0.3) is 6.08 Å². The van der Waals surface area contributed by atoms with Crippen molar-refractivity contribution in [3.63, 3.8) is 0 Å². The Morgan fingerprint density at radius 3 is 2.60 bits per heavy atom. The second-order valence-electron chi connectivity index (χ2n) is 3.40. The fourth-order valence-corrected chi connectivity index (χ4v) is 1.64. The zero-order chi connectivity index (χ0) is 10.9. The van der Waals surface area contributed by atoms with E-state index in [-0.39, 0.29) is 0 Å². The maximum Gasteiger partial charge on any atom is 0.0351 e. The predicted octanol–water partition coefficient (Wildman–Crippen LogP) is 3.26. The Morgan fingerprint density at radius 1 is 1.27 bits per heavy atom. The molecule has 0 saturated heterocycles. The second kappa shape index (κ2) is 7.49. The molecule has 0 aliphatic carbocycles. The third-order valence-electron chi connectivity index (χ3n) is 2.32. The van der Waals surface area contributed by atoms with E-state index in [1.54, 1.807) is 0 Å². The van der Waals surface area contributed by atoms with Gasteiger partial charge in [-0.3, -0.25) is 4.90 Å². The van der Waals surface area contributed by atoms with Crippen LogP contribution in [0, 0.1) is 0 Å². The summed E-state index contributed by atoms with van der Waals surface area (Å²) in [7, 11) is 0. The number of hydrogen-bond donors (Lipinski definition) is 0. The molecule has 0 saturated carbocycles. The van der Waals surface area contributed by atoms with Gasteiger partial charge in [-0.2, -0.15) is 0 Å². The summed E-state index contributed by atoms with van der Waals surface area (Å²) >= 11 is 5.71. The Hall–Kier alpha value is -0.790. The summed E-state index contributed by atoms with van der Waals surface area (Å²) < 4.78 is 0. The van der Waals surface area contributed by atoms with E-state index in [9.17, 15) is 0 Å². The van der Waals surface area contributed by atoms with Crippen LogP contribution in [0.15, 0.2) is 36.4 Å². The van der Waals surface area contributed by atoms with Crippen LogP contribution in [0.3, 0.4) is 0 Å². The van der Waals surface area contributed by atoms with E-state index in [0.29, 0.717) is 5.88 Å². The highest BCUT2D eigenvalue weighted by Crippen LogP contribution is 2.01. The Balaban J connectivity index is 2.38.